The van der Waals surface area contributed by atoms with Crippen LogP contribution in [0, 0.1) is 5.92 Å². The monoisotopic (exact) mass is 385 g/mol. The predicted octanol–water partition coefficient (Wildman–Crippen LogP) is 2.59. The smallest absolute Gasteiger partial charge is 0.239 e. The van der Waals surface area contributed by atoms with Gasteiger partial charge in [-0.3, -0.25) is 4.79 Å². The minimum Gasteiger partial charge on any atom is -0.497 e. The Morgan fingerprint density at radius 1 is 1.31 bits per heavy atom. The second-order valence-corrected chi connectivity index (χ2v) is 7.05. The van der Waals surface area contributed by atoms with Crippen molar-refractivity contribution in [3.63, 3.8) is 0 Å². The molecule has 0 radical (unpaired) electrons. The predicted molar refractivity (Wildman–Crippen MR) is 108 cm³/mol. The summed E-state index contributed by atoms with van der Waals surface area (Å²) in [5, 5.41) is 3.03. The normalized spacial score (nSPS) is 18.7. The summed E-state index contributed by atoms with van der Waals surface area (Å²) in [5.41, 5.74) is 6.39. The lowest BCUT2D eigenvalue weighted by Crippen LogP contribution is -2.52. The van der Waals surface area contributed by atoms with Crippen molar-refractivity contribution in [2.75, 3.05) is 38.8 Å². The van der Waals surface area contributed by atoms with Gasteiger partial charge in [0.2, 0.25) is 5.91 Å². The van der Waals surface area contributed by atoms with Gasteiger partial charge in [-0.2, -0.15) is 0 Å². The Morgan fingerprint density at radius 3 is 2.46 bits per heavy atom. The van der Waals surface area contributed by atoms with Crippen LogP contribution in [0.15, 0.2) is 18.2 Å². The number of methoxy groups -OCH3 is 2. The number of nitrogens with zero attached hydrogens (tertiary/aromatic N) is 1. The van der Waals surface area contributed by atoms with Crippen molar-refractivity contribution in [1.29, 1.82) is 0 Å². The first-order valence-electron chi connectivity index (χ1n) is 8.94. The number of nitrogens with one attached hydrogen (secondary N) is 1. The molecular formula is C19H32ClN3O3. The molecule has 26 heavy (non-hydrogen) atoms. The van der Waals surface area contributed by atoms with E-state index >= 15 is 0 Å². The van der Waals surface area contributed by atoms with Crippen LogP contribution in [-0.2, 0) is 4.79 Å². The largest absolute Gasteiger partial charge is 0.497 e. The van der Waals surface area contributed by atoms with Gasteiger partial charge in [0, 0.05) is 43.5 Å². The lowest BCUT2D eigenvalue weighted by atomic mass is 9.96. The van der Waals surface area contributed by atoms with Crippen LogP contribution in [0.1, 0.15) is 33.1 Å². The zero-order valence-electron chi connectivity index (χ0n) is 16.2. The third kappa shape index (κ3) is 5.68. The number of anilines is 1. The number of halogens is 1. The summed E-state index contributed by atoms with van der Waals surface area (Å²) in [6.45, 7) is 6.34. The lowest BCUT2D eigenvalue weighted by Gasteiger charge is -2.24. The highest BCUT2D eigenvalue weighted by Gasteiger charge is 2.29. The SMILES string of the molecule is CCCC(C)(N)C(=O)NCC1CCN(c2cc(OC)cc(OC)c2)C1.Cl. The molecule has 1 aromatic carbocycles. The van der Waals surface area contributed by atoms with E-state index in [9.17, 15) is 4.79 Å². The summed E-state index contributed by atoms with van der Waals surface area (Å²) in [6, 6.07) is 5.90. The summed E-state index contributed by atoms with van der Waals surface area (Å²) in [5.74, 6) is 1.92. The summed E-state index contributed by atoms with van der Waals surface area (Å²) >= 11 is 0. The molecule has 1 saturated heterocycles. The average Bonchev–Trinajstić information content (AvgIpc) is 3.08. The molecule has 1 aliphatic rings. The van der Waals surface area contributed by atoms with Crippen LogP contribution in [-0.4, -0.2) is 45.3 Å². The first kappa shape index (κ1) is 22.4. The molecule has 0 bridgehead atoms. The van der Waals surface area contributed by atoms with Crippen LogP contribution >= 0.6 is 12.4 Å². The zero-order chi connectivity index (χ0) is 18.4. The van der Waals surface area contributed by atoms with Crippen LogP contribution in [0.2, 0.25) is 0 Å². The van der Waals surface area contributed by atoms with Gasteiger partial charge in [0.05, 0.1) is 19.8 Å². The number of hydrogen-bond donors (Lipinski definition) is 2. The highest BCUT2D eigenvalue weighted by Crippen LogP contribution is 2.31. The molecule has 1 amide bonds. The van der Waals surface area contributed by atoms with Crippen molar-refractivity contribution >= 4 is 24.0 Å². The van der Waals surface area contributed by atoms with E-state index in [1.165, 1.54) is 0 Å². The highest BCUT2D eigenvalue weighted by atomic mass is 35.5. The first-order valence-corrected chi connectivity index (χ1v) is 8.94. The number of carbonyl (C=O) groups excluding carboxylic acids is 1. The molecule has 1 fully saturated rings. The number of benzene rings is 1. The Bertz CT molecular complexity index is 573. The molecule has 2 rings (SSSR count). The minimum atomic E-state index is -0.785. The van der Waals surface area contributed by atoms with E-state index in [0.717, 1.165) is 43.1 Å². The standard InChI is InChI=1S/C19H31N3O3.ClH/c1-5-7-19(2,20)18(23)21-12-14-6-8-22(13-14)15-9-16(24-3)11-17(10-15)25-4;/h9-11,14H,5-8,12-13,20H2,1-4H3,(H,21,23);1H. The van der Waals surface area contributed by atoms with Gasteiger partial charge in [-0.1, -0.05) is 13.3 Å². The van der Waals surface area contributed by atoms with Crippen LogP contribution in [0.25, 0.3) is 0 Å². The van der Waals surface area contributed by atoms with Gasteiger partial charge in [-0.05, 0) is 25.7 Å². The maximum Gasteiger partial charge on any atom is 0.239 e. The molecule has 0 aliphatic carbocycles. The number of hydrogen-bond acceptors (Lipinski definition) is 5. The summed E-state index contributed by atoms with van der Waals surface area (Å²) in [6.07, 6.45) is 2.63. The van der Waals surface area contributed by atoms with Crippen molar-refractivity contribution < 1.29 is 14.3 Å². The van der Waals surface area contributed by atoms with Crippen molar-refractivity contribution in [1.82, 2.24) is 5.32 Å². The molecule has 1 heterocycles. The number of rotatable bonds is 8. The van der Waals surface area contributed by atoms with E-state index in [1.807, 2.05) is 25.1 Å². The molecule has 148 valence electrons. The molecule has 2 unspecified atom stereocenters. The molecule has 0 saturated carbocycles. The lowest BCUT2D eigenvalue weighted by molar-refractivity contribution is -0.126. The Hall–Kier alpha value is -1.66. The molecular weight excluding hydrogens is 354 g/mol. The van der Waals surface area contributed by atoms with Crippen LogP contribution < -0.4 is 25.4 Å². The van der Waals surface area contributed by atoms with Crippen molar-refractivity contribution in [3.05, 3.63) is 18.2 Å². The Labute approximate surface area is 162 Å². The van der Waals surface area contributed by atoms with E-state index < -0.39 is 5.54 Å². The van der Waals surface area contributed by atoms with Crippen LogP contribution in [0.5, 0.6) is 11.5 Å². The molecule has 2 atom stereocenters. The van der Waals surface area contributed by atoms with Gasteiger partial charge >= 0.3 is 0 Å². The summed E-state index contributed by atoms with van der Waals surface area (Å²) < 4.78 is 10.7. The summed E-state index contributed by atoms with van der Waals surface area (Å²) in [7, 11) is 3.31. The second-order valence-electron chi connectivity index (χ2n) is 7.05. The van der Waals surface area contributed by atoms with Gasteiger partial charge in [-0.15, -0.1) is 12.4 Å². The van der Waals surface area contributed by atoms with Crippen molar-refractivity contribution in [3.8, 4) is 11.5 Å². The van der Waals surface area contributed by atoms with Gasteiger partial charge < -0.3 is 25.4 Å². The van der Waals surface area contributed by atoms with E-state index in [1.54, 1.807) is 21.1 Å². The number of carbonyl (C=O) groups is 1. The van der Waals surface area contributed by atoms with Gasteiger partial charge in [0.25, 0.3) is 0 Å². The molecule has 0 spiro atoms. The minimum absolute atomic E-state index is 0. The van der Waals surface area contributed by atoms with Crippen LogP contribution in [0.3, 0.4) is 0 Å². The molecule has 1 aromatic rings. The third-order valence-corrected chi connectivity index (χ3v) is 4.83. The topological polar surface area (TPSA) is 76.8 Å². The first-order chi connectivity index (χ1) is 11.9. The molecule has 3 N–H and O–H groups in total. The fourth-order valence-corrected chi connectivity index (χ4v) is 3.28. The number of ether oxygens (including phenoxy) is 2. The quantitative estimate of drug-likeness (QED) is 0.719. The van der Waals surface area contributed by atoms with Crippen molar-refractivity contribution in [2.24, 2.45) is 11.7 Å². The molecule has 7 heteroatoms. The third-order valence-electron chi connectivity index (χ3n) is 4.83. The molecule has 0 aromatic heterocycles. The van der Waals surface area contributed by atoms with Gasteiger partial charge in [-0.25, -0.2) is 0 Å². The number of amides is 1. The van der Waals surface area contributed by atoms with E-state index in [0.29, 0.717) is 18.9 Å². The Balaban J connectivity index is 0.00000338. The zero-order valence-corrected chi connectivity index (χ0v) is 17.0. The summed E-state index contributed by atoms with van der Waals surface area (Å²) in [4.78, 5) is 14.5. The van der Waals surface area contributed by atoms with E-state index in [-0.39, 0.29) is 18.3 Å². The highest BCUT2D eigenvalue weighted by molar-refractivity contribution is 5.85. The maximum absolute atomic E-state index is 12.2. The second kappa shape index (κ2) is 9.88. The van der Waals surface area contributed by atoms with E-state index in [2.05, 4.69) is 10.2 Å². The number of nitrogens with two attached hydrogens (primary N) is 1. The Morgan fingerprint density at radius 2 is 1.92 bits per heavy atom. The van der Waals surface area contributed by atoms with Crippen molar-refractivity contribution in [2.45, 2.75) is 38.6 Å². The average molecular weight is 386 g/mol. The fraction of sp³-hybridized carbons (Fsp3) is 0.632. The molecule has 6 nitrogen and oxygen atoms in total. The maximum atomic E-state index is 12.2. The van der Waals surface area contributed by atoms with Gasteiger partial charge in [0.15, 0.2) is 0 Å². The van der Waals surface area contributed by atoms with E-state index in [4.69, 9.17) is 15.2 Å². The van der Waals surface area contributed by atoms with Crippen LogP contribution in [0.4, 0.5) is 5.69 Å². The Kier molecular flexibility index (Phi) is 8.50. The van der Waals surface area contributed by atoms with Gasteiger partial charge in [0.1, 0.15) is 11.5 Å². The fourth-order valence-electron chi connectivity index (χ4n) is 3.28. The molecule has 1 aliphatic heterocycles.